The molecule has 6 heteroatoms. The average molecular weight is 392 g/mol. The van der Waals surface area contributed by atoms with Gasteiger partial charge >= 0.3 is 5.97 Å². The molecule has 0 spiro atoms. The molecule has 1 aliphatic rings. The molecule has 0 radical (unpaired) electrons. The largest absolute Gasteiger partial charge is 0.452 e. The molecule has 0 saturated carbocycles. The molecule has 0 fully saturated rings. The van der Waals surface area contributed by atoms with E-state index in [1.54, 1.807) is 67.0 Å². The Morgan fingerprint density at radius 1 is 1.07 bits per heavy atom. The zero-order valence-electron chi connectivity index (χ0n) is 14.5. The Kier molecular flexibility index (Phi) is 4.91. The fourth-order valence-corrected chi connectivity index (χ4v) is 2.96. The quantitative estimate of drug-likeness (QED) is 0.282. The van der Waals surface area contributed by atoms with Gasteiger partial charge in [0, 0.05) is 18.5 Å². The molecular weight excluding hydrogens is 378 g/mol. The Morgan fingerprint density at radius 2 is 1.82 bits per heavy atom. The van der Waals surface area contributed by atoms with Gasteiger partial charge in [0.05, 0.1) is 5.56 Å². The van der Waals surface area contributed by atoms with E-state index in [1.165, 1.54) is 6.07 Å². The Balaban J connectivity index is 1.52. The Morgan fingerprint density at radius 3 is 2.57 bits per heavy atom. The van der Waals surface area contributed by atoms with Crippen molar-refractivity contribution in [2.75, 3.05) is 0 Å². The number of alkyl halides is 1. The monoisotopic (exact) mass is 391 g/mol. The lowest BCUT2D eigenvalue weighted by Gasteiger charge is -2.10. The van der Waals surface area contributed by atoms with E-state index < -0.39 is 11.3 Å². The third-order valence-electron chi connectivity index (χ3n) is 4.16. The molecule has 0 saturated heterocycles. The highest BCUT2D eigenvalue weighted by Gasteiger charge is 2.28. The number of fused-ring (bicyclic) bond motifs is 1. The van der Waals surface area contributed by atoms with E-state index in [0.717, 1.165) is 5.56 Å². The SMILES string of the molecule is O=C1/C(=C/c2ccncc2)Oc2cc(OC(=O)C(Cl)c3ccccc3)ccc21. The van der Waals surface area contributed by atoms with Crippen molar-refractivity contribution in [1.29, 1.82) is 0 Å². The summed E-state index contributed by atoms with van der Waals surface area (Å²) in [5.74, 6) is -0.0530. The van der Waals surface area contributed by atoms with Crippen LogP contribution in [0.1, 0.15) is 26.9 Å². The zero-order valence-corrected chi connectivity index (χ0v) is 15.3. The van der Waals surface area contributed by atoms with Crippen LogP contribution in [-0.2, 0) is 4.79 Å². The van der Waals surface area contributed by atoms with Gasteiger partial charge in [0.2, 0.25) is 5.78 Å². The van der Waals surface area contributed by atoms with Gasteiger partial charge in [-0.2, -0.15) is 0 Å². The summed E-state index contributed by atoms with van der Waals surface area (Å²) >= 11 is 6.19. The highest BCUT2D eigenvalue weighted by Crippen LogP contribution is 2.35. The Labute approximate surface area is 166 Å². The molecule has 0 amide bonds. The number of allylic oxidation sites excluding steroid dienone is 1. The minimum atomic E-state index is -0.931. The first-order chi connectivity index (χ1) is 13.6. The number of ketones is 1. The number of hydrogen-bond acceptors (Lipinski definition) is 5. The van der Waals surface area contributed by atoms with Crippen LogP contribution in [0.3, 0.4) is 0 Å². The van der Waals surface area contributed by atoms with Crippen molar-refractivity contribution in [3.63, 3.8) is 0 Å². The fourth-order valence-electron chi connectivity index (χ4n) is 2.77. The molecule has 1 aliphatic heterocycles. The molecule has 2 heterocycles. The summed E-state index contributed by atoms with van der Waals surface area (Å²) in [5, 5.41) is -0.931. The van der Waals surface area contributed by atoms with Crippen LogP contribution in [-0.4, -0.2) is 16.7 Å². The first-order valence-corrected chi connectivity index (χ1v) is 8.94. The standard InChI is InChI=1S/C22H14ClNO4/c23-20(15-4-2-1-3-5-15)22(26)27-16-6-7-17-18(13-16)28-19(21(17)25)12-14-8-10-24-11-9-14/h1-13,20H/b19-12-. The number of halogens is 1. The lowest BCUT2D eigenvalue weighted by molar-refractivity contribution is -0.134. The highest BCUT2D eigenvalue weighted by molar-refractivity contribution is 6.30. The number of carbonyl (C=O) groups excluding carboxylic acids is 2. The molecule has 4 rings (SSSR count). The number of benzene rings is 2. The van der Waals surface area contributed by atoms with Crippen molar-refractivity contribution in [3.8, 4) is 11.5 Å². The van der Waals surface area contributed by atoms with Crippen molar-refractivity contribution < 1.29 is 19.1 Å². The molecule has 3 aromatic rings. The maximum absolute atomic E-state index is 12.5. The van der Waals surface area contributed by atoms with Crippen molar-refractivity contribution in [2.45, 2.75) is 5.38 Å². The molecule has 0 bridgehead atoms. The smallest absolute Gasteiger partial charge is 0.334 e. The number of pyridine rings is 1. The number of nitrogens with zero attached hydrogens (tertiary/aromatic N) is 1. The third-order valence-corrected chi connectivity index (χ3v) is 4.59. The number of aromatic nitrogens is 1. The predicted octanol–water partition coefficient (Wildman–Crippen LogP) is 4.58. The minimum Gasteiger partial charge on any atom is -0.452 e. The van der Waals surface area contributed by atoms with E-state index >= 15 is 0 Å². The van der Waals surface area contributed by atoms with Crippen molar-refractivity contribution >= 4 is 29.4 Å². The van der Waals surface area contributed by atoms with Crippen LogP contribution >= 0.6 is 11.6 Å². The first kappa shape index (κ1) is 17.9. The van der Waals surface area contributed by atoms with Gasteiger partial charge in [-0.3, -0.25) is 9.78 Å². The molecule has 0 aliphatic carbocycles. The fraction of sp³-hybridized carbons (Fsp3) is 0.0455. The van der Waals surface area contributed by atoms with Crippen LogP contribution in [0.25, 0.3) is 6.08 Å². The van der Waals surface area contributed by atoms with Crippen LogP contribution < -0.4 is 9.47 Å². The number of Topliss-reactive ketones (excluding diaryl/α,β-unsaturated/α-hetero) is 1. The molecule has 0 N–H and O–H groups in total. The number of hydrogen-bond donors (Lipinski definition) is 0. The predicted molar refractivity (Wildman–Crippen MR) is 104 cm³/mol. The van der Waals surface area contributed by atoms with Crippen molar-refractivity contribution in [1.82, 2.24) is 4.98 Å². The zero-order chi connectivity index (χ0) is 19.5. The summed E-state index contributed by atoms with van der Waals surface area (Å²) in [6, 6.07) is 17.1. The van der Waals surface area contributed by atoms with Crippen molar-refractivity contribution in [3.05, 3.63) is 95.5 Å². The van der Waals surface area contributed by atoms with Crippen LogP contribution in [0.4, 0.5) is 0 Å². The van der Waals surface area contributed by atoms with Crippen LogP contribution in [0.15, 0.2) is 78.8 Å². The second-order valence-corrected chi connectivity index (χ2v) is 6.51. The van der Waals surface area contributed by atoms with Crippen molar-refractivity contribution in [2.24, 2.45) is 0 Å². The summed E-state index contributed by atoms with van der Waals surface area (Å²) in [6.45, 7) is 0. The second-order valence-electron chi connectivity index (χ2n) is 6.07. The number of rotatable bonds is 4. The van der Waals surface area contributed by atoms with Crippen LogP contribution in [0.5, 0.6) is 11.5 Å². The molecule has 5 nitrogen and oxygen atoms in total. The lowest BCUT2D eigenvalue weighted by atomic mass is 10.1. The van der Waals surface area contributed by atoms with Gasteiger partial charge in [-0.15, -0.1) is 11.6 Å². The number of ether oxygens (including phenoxy) is 2. The number of carbonyl (C=O) groups is 2. The summed E-state index contributed by atoms with van der Waals surface area (Å²) in [7, 11) is 0. The Bertz CT molecular complexity index is 1060. The third kappa shape index (κ3) is 3.66. The minimum absolute atomic E-state index is 0.198. The van der Waals surface area contributed by atoms with Crippen LogP contribution in [0, 0.1) is 0 Å². The molecular formula is C22H14ClNO4. The van der Waals surface area contributed by atoms with Gasteiger partial charge in [-0.25, -0.2) is 4.79 Å². The molecule has 2 aromatic carbocycles. The van der Waals surface area contributed by atoms with E-state index in [-0.39, 0.29) is 17.3 Å². The molecule has 28 heavy (non-hydrogen) atoms. The van der Waals surface area contributed by atoms with Crippen LogP contribution in [0.2, 0.25) is 0 Å². The summed E-state index contributed by atoms with van der Waals surface area (Å²) < 4.78 is 11.0. The van der Waals surface area contributed by atoms with Gasteiger partial charge in [-0.1, -0.05) is 30.3 Å². The second kappa shape index (κ2) is 7.66. The van der Waals surface area contributed by atoms with E-state index in [0.29, 0.717) is 16.9 Å². The van der Waals surface area contributed by atoms with E-state index in [4.69, 9.17) is 21.1 Å². The summed E-state index contributed by atoms with van der Waals surface area (Å²) in [5.41, 5.74) is 1.85. The molecule has 1 aromatic heterocycles. The van der Waals surface area contributed by atoms with E-state index in [1.807, 2.05) is 6.07 Å². The van der Waals surface area contributed by atoms with Gasteiger partial charge < -0.3 is 9.47 Å². The summed E-state index contributed by atoms with van der Waals surface area (Å²) in [6.07, 6.45) is 4.90. The normalized spacial score (nSPS) is 15.0. The topological polar surface area (TPSA) is 65.5 Å². The van der Waals surface area contributed by atoms with Gasteiger partial charge in [-0.05, 0) is 41.5 Å². The summed E-state index contributed by atoms with van der Waals surface area (Å²) in [4.78, 5) is 28.7. The van der Waals surface area contributed by atoms with E-state index in [9.17, 15) is 9.59 Å². The first-order valence-electron chi connectivity index (χ1n) is 8.51. The number of esters is 1. The van der Waals surface area contributed by atoms with E-state index in [2.05, 4.69) is 4.98 Å². The molecule has 1 atom stereocenters. The maximum Gasteiger partial charge on any atom is 0.334 e. The average Bonchev–Trinajstić information content (AvgIpc) is 3.03. The van der Waals surface area contributed by atoms with Gasteiger partial charge in [0.15, 0.2) is 11.1 Å². The lowest BCUT2D eigenvalue weighted by Crippen LogP contribution is -2.14. The van der Waals surface area contributed by atoms with Gasteiger partial charge in [0.1, 0.15) is 11.5 Å². The van der Waals surface area contributed by atoms with Gasteiger partial charge in [0.25, 0.3) is 0 Å². The molecule has 138 valence electrons. The Hall–Kier alpha value is -3.44. The molecule has 1 unspecified atom stereocenters. The highest BCUT2D eigenvalue weighted by atomic mass is 35.5. The maximum atomic E-state index is 12.5.